The van der Waals surface area contributed by atoms with Crippen molar-refractivity contribution in [2.45, 2.75) is 6.42 Å². The smallest absolute Gasteiger partial charge is 0.159 e. The first kappa shape index (κ1) is 10.2. The average Bonchev–Trinajstić information content (AvgIpc) is 2.08. The zero-order valence-electron chi connectivity index (χ0n) is 8.09. The van der Waals surface area contributed by atoms with E-state index >= 15 is 0 Å². The molecule has 1 aliphatic rings. The molecule has 0 radical (unpaired) electrons. The van der Waals surface area contributed by atoms with E-state index in [1.54, 1.807) is 0 Å². The van der Waals surface area contributed by atoms with E-state index in [2.05, 4.69) is 5.32 Å². The number of hydrogen-bond acceptors (Lipinski definition) is 2. The van der Waals surface area contributed by atoms with Gasteiger partial charge < -0.3 is 5.32 Å². The Hall–Kier alpha value is -1.29. The summed E-state index contributed by atoms with van der Waals surface area (Å²) in [6.45, 7) is 1.39. The molecule has 2 rings (SSSR count). The van der Waals surface area contributed by atoms with Crippen LogP contribution in [0.2, 0.25) is 0 Å². The largest absolute Gasteiger partial charge is 0.315 e. The maximum absolute atomic E-state index is 12.8. The lowest BCUT2D eigenvalue weighted by Gasteiger charge is -2.25. The van der Waals surface area contributed by atoms with Crippen molar-refractivity contribution in [3.05, 3.63) is 35.4 Å². The lowest BCUT2D eigenvalue weighted by molar-refractivity contribution is -0.123. The second-order valence-corrected chi connectivity index (χ2v) is 3.75. The normalized spacial score (nSPS) is 16.1. The summed E-state index contributed by atoms with van der Waals surface area (Å²) >= 11 is 0. The molecule has 1 aliphatic heterocycles. The van der Waals surface area contributed by atoms with Gasteiger partial charge in [-0.1, -0.05) is 6.07 Å². The fourth-order valence-corrected chi connectivity index (χ4v) is 1.51. The van der Waals surface area contributed by atoms with Crippen molar-refractivity contribution >= 4 is 5.78 Å². The number of Topliss-reactive ketones (excluding diaryl/α,β-unsaturated/α-hetero) is 1. The van der Waals surface area contributed by atoms with E-state index < -0.39 is 11.6 Å². The minimum Gasteiger partial charge on any atom is -0.315 e. The van der Waals surface area contributed by atoms with Crippen LogP contribution < -0.4 is 5.32 Å². The van der Waals surface area contributed by atoms with Crippen molar-refractivity contribution in [2.75, 3.05) is 13.1 Å². The standard InChI is InChI=1S/C11H11F2NO/c12-9-2-1-7(3-10(9)13)4-11(15)8-5-14-6-8/h1-3,8,14H,4-6H2. The molecule has 1 fully saturated rings. The van der Waals surface area contributed by atoms with Crippen LogP contribution in [-0.2, 0) is 11.2 Å². The summed E-state index contributed by atoms with van der Waals surface area (Å²) in [4.78, 5) is 11.5. The molecule has 0 amide bonds. The number of rotatable bonds is 3. The summed E-state index contributed by atoms with van der Waals surface area (Å²) in [5.74, 6) is -1.65. The van der Waals surface area contributed by atoms with Gasteiger partial charge in [0.05, 0.1) is 0 Å². The molecule has 0 saturated carbocycles. The monoisotopic (exact) mass is 211 g/mol. The van der Waals surface area contributed by atoms with Gasteiger partial charge in [0, 0.05) is 25.4 Å². The van der Waals surface area contributed by atoms with Crippen LogP contribution in [0.25, 0.3) is 0 Å². The van der Waals surface area contributed by atoms with Crippen molar-refractivity contribution in [2.24, 2.45) is 5.92 Å². The molecule has 1 saturated heterocycles. The Morgan fingerprint density at radius 3 is 2.60 bits per heavy atom. The van der Waals surface area contributed by atoms with Crippen LogP contribution in [0.15, 0.2) is 18.2 Å². The van der Waals surface area contributed by atoms with Gasteiger partial charge >= 0.3 is 0 Å². The van der Waals surface area contributed by atoms with E-state index in [0.717, 1.165) is 12.1 Å². The third kappa shape index (κ3) is 2.21. The molecular formula is C11H11F2NO. The van der Waals surface area contributed by atoms with Gasteiger partial charge in [-0.15, -0.1) is 0 Å². The van der Waals surface area contributed by atoms with Crippen LogP contribution in [0.3, 0.4) is 0 Å². The van der Waals surface area contributed by atoms with Crippen LogP contribution in [0, 0.1) is 17.6 Å². The molecular weight excluding hydrogens is 200 g/mol. The van der Waals surface area contributed by atoms with E-state index in [9.17, 15) is 13.6 Å². The quantitative estimate of drug-likeness (QED) is 0.816. The summed E-state index contributed by atoms with van der Waals surface area (Å²) in [6.07, 6.45) is 0.184. The van der Waals surface area contributed by atoms with Gasteiger partial charge in [0.15, 0.2) is 11.6 Å². The number of halogens is 2. The van der Waals surface area contributed by atoms with Crippen molar-refractivity contribution in [1.82, 2.24) is 5.32 Å². The highest BCUT2D eigenvalue weighted by Gasteiger charge is 2.24. The lowest BCUT2D eigenvalue weighted by Crippen LogP contribution is -2.47. The topological polar surface area (TPSA) is 29.1 Å². The number of carbonyl (C=O) groups is 1. The molecule has 0 aromatic heterocycles. The second kappa shape index (κ2) is 4.06. The first-order chi connectivity index (χ1) is 7.16. The van der Waals surface area contributed by atoms with Crippen molar-refractivity contribution in [3.63, 3.8) is 0 Å². The fraction of sp³-hybridized carbons (Fsp3) is 0.364. The van der Waals surface area contributed by atoms with Crippen LogP contribution in [0.1, 0.15) is 5.56 Å². The summed E-state index contributed by atoms with van der Waals surface area (Å²) in [5, 5.41) is 2.99. The Bertz CT molecular complexity index is 388. The SMILES string of the molecule is O=C(Cc1ccc(F)c(F)c1)C1CNC1. The van der Waals surface area contributed by atoms with Crippen molar-refractivity contribution in [3.8, 4) is 0 Å². The number of benzene rings is 1. The van der Waals surface area contributed by atoms with Gasteiger partial charge in [0.1, 0.15) is 5.78 Å². The Morgan fingerprint density at radius 2 is 2.07 bits per heavy atom. The summed E-state index contributed by atoms with van der Waals surface area (Å²) in [7, 11) is 0. The summed E-state index contributed by atoms with van der Waals surface area (Å²) < 4.78 is 25.4. The van der Waals surface area contributed by atoms with E-state index in [1.807, 2.05) is 0 Å². The van der Waals surface area contributed by atoms with Gasteiger partial charge in [-0.2, -0.15) is 0 Å². The number of ketones is 1. The van der Waals surface area contributed by atoms with Crippen LogP contribution in [0.5, 0.6) is 0 Å². The molecule has 0 aliphatic carbocycles. The van der Waals surface area contributed by atoms with Crippen molar-refractivity contribution in [1.29, 1.82) is 0 Å². The Morgan fingerprint density at radius 1 is 1.33 bits per heavy atom. The molecule has 80 valence electrons. The van der Waals surface area contributed by atoms with Gasteiger partial charge in [0.2, 0.25) is 0 Å². The molecule has 0 atom stereocenters. The molecule has 1 aromatic carbocycles. The molecule has 0 unspecified atom stereocenters. The fourth-order valence-electron chi connectivity index (χ4n) is 1.51. The third-order valence-corrected chi connectivity index (χ3v) is 2.60. The van der Waals surface area contributed by atoms with Crippen LogP contribution in [-0.4, -0.2) is 18.9 Å². The molecule has 1 heterocycles. The number of nitrogens with one attached hydrogen (secondary N) is 1. The molecule has 1 aromatic rings. The molecule has 15 heavy (non-hydrogen) atoms. The minimum absolute atomic E-state index is 0.0399. The van der Waals surface area contributed by atoms with Crippen LogP contribution >= 0.6 is 0 Å². The summed E-state index contributed by atoms with van der Waals surface area (Å²) in [6, 6.07) is 3.58. The third-order valence-electron chi connectivity index (χ3n) is 2.60. The zero-order valence-corrected chi connectivity index (χ0v) is 8.09. The molecule has 4 heteroatoms. The first-order valence-corrected chi connectivity index (χ1v) is 4.84. The number of hydrogen-bond donors (Lipinski definition) is 1. The Labute approximate surface area is 86.3 Å². The lowest BCUT2D eigenvalue weighted by atomic mass is 9.93. The molecule has 0 spiro atoms. The highest BCUT2D eigenvalue weighted by molar-refractivity contribution is 5.84. The van der Waals surface area contributed by atoms with E-state index in [1.165, 1.54) is 6.07 Å². The molecule has 0 bridgehead atoms. The van der Waals surface area contributed by atoms with Crippen molar-refractivity contribution < 1.29 is 13.6 Å². The van der Waals surface area contributed by atoms with Gasteiger partial charge in [-0.25, -0.2) is 8.78 Å². The van der Waals surface area contributed by atoms with Crippen LogP contribution in [0.4, 0.5) is 8.78 Å². The summed E-state index contributed by atoms with van der Waals surface area (Å²) in [5.41, 5.74) is 0.533. The van der Waals surface area contributed by atoms with Gasteiger partial charge in [-0.3, -0.25) is 4.79 Å². The molecule has 2 nitrogen and oxygen atoms in total. The van der Waals surface area contributed by atoms with Gasteiger partial charge in [-0.05, 0) is 17.7 Å². The Kier molecular flexibility index (Phi) is 2.77. The highest BCUT2D eigenvalue weighted by atomic mass is 19.2. The Balaban J connectivity index is 2.03. The first-order valence-electron chi connectivity index (χ1n) is 4.84. The van der Waals surface area contributed by atoms with E-state index in [4.69, 9.17) is 0 Å². The maximum Gasteiger partial charge on any atom is 0.159 e. The maximum atomic E-state index is 12.8. The predicted molar refractivity (Wildman–Crippen MR) is 51.4 cm³/mol. The number of carbonyl (C=O) groups excluding carboxylic acids is 1. The second-order valence-electron chi connectivity index (χ2n) is 3.75. The zero-order chi connectivity index (χ0) is 10.8. The highest BCUT2D eigenvalue weighted by Crippen LogP contribution is 2.13. The van der Waals surface area contributed by atoms with Gasteiger partial charge in [0.25, 0.3) is 0 Å². The average molecular weight is 211 g/mol. The van der Waals surface area contributed by atoms with E-state index in [0.29, 0.717) is 18.7 Å². The molecule has 1 N–H and O–H groups in total. The predicted octanol–water partition coefficient (Wildman–Crippen LogP) is 1.30. The van der Waals surface area contributed by atoms with E-state index in [-0.39, 0.29) is 18.1 Å². The minimum atomic E-state index is -0.896.